The first kappa shape index (κ1) is 13.0. The van der Waals surface area contributed by atoms with E-state index in [2.05, 4.69) is 26.1 Å². The molecule has 0 aromatic heterocycles. The Morgan fingerprint density at radius 2 is 2.20 bits per heavy atom. The highest BCUT2D eigenvalue weighted by Crippen LogP contribution is 2.35. The maximum atomic E-state index is 8.78. The van der Waals surface area contributed by atoms with Crippen LogP contribution in [0.3, 0.4) is 0 Å². The molecule has 0 aromatic rings. The zero-order valence-electron chi connectivity index (χ0n) is 10.6. The van der Waals surface area contributed by atoms with Crippen molar-refractivity contribution in [2.75, 3.05) is 6.61 Å². The SMILES string of the molecule is C[C@H](CCCO)N[C@@H]1CCCC(C)(C)C1. The van der Waals surface area contributed by atoms with Crippen molar-refractivity contribution in [3.63, 3.8) is 0 Å². The van der Waals surface area contributed by atoms with Gasteiger partial charge in [-0.25, -0.2) is 0 Å². The molecule has 1 saturated carbocycles. The fourth-order valence-corrected chi connectivity index (χ4v) is 2.72. The number of aliphatic hydroxyl groups excluding tert-OH is 1. The smallest absolute Gasteiger partial charge is 0.0431 e. The molecule has 0 unspecified atom stereocenters. The summed E-state index contributed by atoms with van der Waals surface area (Å²) in [6.07, 6.45) is 7.37. The summed E-state index contributed by atoms with van der Waals surface area (Å²) in [6, 6.07) is 1.25. The van der Waals surface area contributed by atoms with Gasteiger partial charge in [0.15, 0.2) is 0 Å². The van der Waals surface area contributed by atoms with Crippen LogP contribution in [0.1, 0.15) is 59.3 Å². The Balaban J connectivity index is 2.25. The van der Waals surface area contributed by atoms with Crippen LogP contribution in [0.25, 0.3) is 0 Å². The minimum atomic E-state index is 0.322. The number of hydrogen-bond acceptors (Lipinski definition) is 2. The monoisotopic (exact) mass is 213 g/mol. The summed E-state index contributed by atoms with van der Waals surface area (Å²) in [4.78, 5) is 0. The van der Waals surface area contributed by atoms with Crippen LogP contribution in [0.2, 0.25) is 0 Å². The first-order valence-corrected chi connectivity index (χ1v) is 6.40. The largest absolute Gasteiger partial charge is 0.396 e. The molecule has 1 rings (SSSR count). The van der Waals surface area contributed by atoms with Crippen LogP contribution < -0.4 is 5.32 Å². The van der Waals surface area contributed by atoms with E-state index in [9.17, 15) is 0 Å². The third-order valence-electron chi connectivity index (χ3n) is 3.52. The highest BCUT2D eigenvalue weighted by molar-refractivity contribution is 4.84. The van der Waals surface area contributed by atoms with Gasteiger partial charge in [0, 0.05) is 18.7 Å². The van der Waals surface area contributed by atoms with E-state index in [4.69, 9.17) is 5.11 Å². The van der Waals surface area contributed by atoms with Gasteiger partial charge in [-0.2, -0.15) is 0 Å². The van der Waals surface area contributed by atoms with E-state index in [0.29, 0.717) is 24.1 Å². The first-order valence-electron chi connectivity index (χ1n) is 6.40. The fraction of sp³-hybridized carbons (Fsp3) is 1.00. The predicted molar refractivity (Wildman–Crippen MR) is 65.0 cm³/mol. The minimum absolute atomic E-state index is 0.322. The molecule has 1 aliphatic rings. The van der Waals surface area contributed by atoms with Crippen molar-refractivity contribution in [2.45, 2.75) is 71.4 Å². The molecule has 0 heterocycles. The van der Waals surface area contributed by atoms with Gasteiger partial charge >= 0.3 is 0 Å². The Kier molecular flexibility index (Phi) is 5.07. The number of hydrogen-bond donors (Lipinski definition) is 2. The highest BCUT2D eigenvalue weighted by atomic mass is 16.2. The van der Waals surface area contributed by atoms with Crippen molar-refractivity contribution in [1.82, 2.24) is 5.32 Å². The molecule has 0 aliphatic heterocycles. The van der Waals surface area contributed by atoms with Gasteiger partial charge in [-0.3, -0.25) is 0 Å². The third kappa shape index (κ3) is 4.98. The van der Waals surface area contributed by atoms with Gasteiger partial charge in [-0.1, -0.05) is 20.3 Å². The second-order valence-electron chi connectivity index (χ2n) is 5.89. The number of nitrogens with one attached hydrogen (secondary N) is 1. The molecule has 0 radical (unpaired) electrons. The average molecular weight is 213 g/mol. The van der Waals surface area contributed by atoms with Gasteiger partial charge in [0.2, 0.25) is 0 Å². The minimum Gasteiger partial charge on any atom is -0.396 e. The molecule has 1 fully saturated rings. The molecule has 90 valence electrons. The topological polar surface area (TPSA) is 32.3 Å². The van der Waals surface area contributed by atoms with Crippen LogP contribution in [0.5, 0.6) is 0 Å². The Labute approximate surface area is 94.5 Å². The van der Waals surface area contributed by atoms with E-state index >= 15 is 0 Å². The Morgan fingerprint density at radius 3 is 2.80 bits per heavy atom. The maximum absolute atomic E-state index is 8.78. The van der Waals surface area contributed by atoms with E-state index in [0.717, 1.165) is 12.8 Å². The molecule has 0 saturated heterocycles. The van der Waals surface area contributed by atoms with Crippen molar-refractivity contribution >= 4 is 0 Å². The summed E-state index contributed by atoms with van der Waals surface area (Å²) in [5, 5.41) is 12.5. The summed E-state index contributed by atoms with van der Waals surface area (Å²) < 4.78 is 0. The Hall–Kier alpha value is -0.0800. The molecule has 0 spiro atoms. The van der Waals surface area contributed by atoms with Crippen molar-refractivity contribution in [3.05, 3.63) is 0 Å². The van der Waals surface area contributed by atoms with Crippen molar-refractivity contribution < 1.29 is 5.11 Å². The van der Waals surface area contributed by atoms with E-state index in [1.807, 2.05) is 0 Å². The lowest BCUT2D eigenvalue weighted by atomic mass is 9.75. The maximum Gasteiger partial charge on any atom is 0.0431 e. The van der Waals surface area contributed by atoms with E-state index in [1.165, 1.54) is 25.7 Å². The third-order valence-corrected chi connectivity index (χ3v) is 3.52. The quantitative estimate of drug-likeness (QED) is 0.736. The second-order valence-corrected chi connectivity index (χ2v) is 5.89. The number of aliphatic hydroxyl groups is 1. The van der Waals surface area contributed by atoms with Gasteiger partial charge in [0.25, 0.3) is 0 Å². The summed E-state index contributed by atoms with van der Waals surface area (Å²) in [5.41, 5.74) is 0.520. The fourth-order valence-electron chi connectivity index (χ4n) is 2.72. The standard InChI is InChI=1S/C13H27NO/c1-11(6-5-9-15)14-12-7-4-8-13(2,3)10-12/h11-12,14-15H,4-10H2,1-3H3/t11-,12-/m1/s1. The van der Waals surface area contributed by atoms with Gasteiger partial charge in [-0.15, -0.1) is 0 Å². The summed E-state index contributed by atoms with van der Waals surface area (Å²) >= 11 is 0. The summed E-state index contributed by atoms with van der Waals surface area (Å²) in [6.45, 7) is 7.30. The normalized spacial score (nSPS) is 27.6. The van der Waals surface area contributed by atoms with E-state index in [-0.39, 0.29) is 0 Å². The predicted octanol–water partition coefficient (Wildman–Crippen LogP) is 2.71. The van der Waals surface area contributed by atoms with Crippen LogP contribution in [0, 0.1) is 5.41 Å². The molecule has 0 aromatic carbocycles. The van der Waals surface area contributed by atoms with Crippen molar-refractivity contribution in [2.24, 2.45) is 5.41 Å². The lowest BCUT2D eigenvalue weighted by Crippen LogP contribution is -2.41. The molecular weight excluding hydrogens is 186 g/mol. The zero-order chi connectivity index (χ0) is 11.3. The lowest BCUT2D eigenvalue weighted by molar-refractivity contribution is 0.186. The average Bonchev–Trinajstić information content (AvgIpc) is 2.13. The van der Waals surface area contributed by atoms with E-state index in [1.54, 1.807) is 0 Å². The Morgan fingerprint density at radius 1 is 1.47 bits per heavy atom. The van der Waals surface area contributed by atoms with Crippen LogP contribution in [0.4, 0.5) is 0 Å². The number of rotatable bonds is 5. The lowest BCUT2D eigenvalue weighted by Gasteiger charge is -2.37. The van der Waals surface area contributed by atoms with Crippen LogP contribution in [-0.2, 0) is 0 Å². The van der Waals surface area contributed by atoms with Crippen LogP contribution in [0.15, 0.2) is 0 Å². The second kappa shape index (κ2) is 5.86. The first-order chi connectivity index (χ1) is 7.03. The van der Waals surface area contributed by atoms with Gasteiger partial charge in [-0.05, 0) is 44.4 Å². The molecular formula is C13H27NO. The zero-order valence-corrected chi connectivity index (χ0v) is 10.6. The van der Waals surface area contributed by atoms with Gasteiger partial charge < -0.3 is 10.4 Å². The summed E-state index contributed by atoms with van der Waals surface area (Å²) in [7, 11) is 0. The van der Waals surface area contributed by atoms with Crippen molar-refractivity contribution in [1.29, 1.82) is 0 Å². The molecule has 1 aliphatic carbocycles. The van der Waals surface area contributed by atoms with E-state index < -0.39 is 0 Å². The molecule has 15 heavy (non-hydrogen) atoms. The molecule has 2 nitrogen and oxygen atoms in total. The summed E-state index contributed by atoms with van der Waals surface area (Å²) in [5.74, 6) is 0. The molecule has 2 atom stereocenters. The molecule has 0 amide bonds. The Bertz CT molecular complexity index is 179. The van der Waals surface area contributed by atoms with Crippen LogP contribution >= 0.6 is 0 Å². The van der Waals surface area contributed by atoms with Gasteiger partial charge in [0.1, 0.15) is 0 Å². The van der Waals surface area contributed by atoms with Crippen molar-refractivity contribution in [3.8, 4) is 0 Å². The van der Waals surface area contributed by atoms with Gasteiger partial charge in [0.05, 0.1) is 0 Å². The molecule has 0 bridgehead atoms. The molecule has 2 N–H and O–H groups in total. The van der Waals surface area contributed by atoms with Crippen LogP contribution in [-0.4, -0.2) is 23.8 Å². The highest BCUT2D eigenvalue weighted by Gasteiger charge is 2.28. The molecule has 2 heteroatoms.